The summed E-state index contributed by atoms with van der Waals surface area (Å²) in [4.78, 5) is 64.2. The fourth-order valence-electron chi connectivity index (χ4n) is 5.19. The van der Waals surface area contributed by atoms with Crippen LogP contribution in [-0.4, -0.2) is 102 Å². The summed E-state index contributed by atoms with van der Waals surface area (Å²) in [6, 6.07) is 4.81. The Balaban J connectivity index is 1.55. The zero-order valence-electron chi connectivity index (χ0n) is 29.8. The van der Waals surface area contributed by atoms with E-state index in [0.29, 0.717) is 73.4 Å². The fourth-order valence-corrected chi connectivity index (χ4v) is 5.19. The van der Waals surface area contributed by atoms with Gasteiger partial charge in [0, 0.05) is 72.5 Å². The number of carbonyl (C=O) groups is 5. The van der Waals surface area contributed by atoms with Crippen molar-refractivity contribution in [3.63, 3.8) is 0 Å². The van der Waals surface area contributed by atoms with Crippen molar-refractivity contribution in [2.45, 2.75) is 45.6 Å². The van der Waals surface area contributed by atoms with Crippen LogP contribution in [0.3, 0.4) is 0 Å². The quantitative estimate of drug-likeness (QED) is 0.0909. The first-order valence-corrected chi connectivity index (χ1v) is 16.8. The van der Waals surface area contributed by atoms with Crippen LogP contribution in [0.25, 0.3) is 0 Å². The van der Waals surface area contributed by atoms with Gasteiger partial charge in [0.1, 0.15) is 17.1 Å². The van der Waals surface area contributed by atoms with Gasteiger partial charge in [-0.05, 0) is 70.9 Å². The summed E-state index contributed by atoms with van der Waals surface area (Å²) in [7, 11) is 7.39. The first-order valence-electron chi connectivity index (χ1n) is 16.8. The minimum atomic E-state index is -0.407. The molecule has 0 atom stereocenters. The maximum Gasteiger partial charge on any atom is 0.272 e. The Morgan fingerprint density at radius 1 is 0.700 bits per heavy atom. The van der Waals surface area contributed by atoms with Gasteiger partial charge in [-0.25, -0.2) is 0 Å². The maximum absolute atomic E-state index is 13.4. The van der Waals surface area contributed by atoms with E-state index in [0.717, 1.165) is 32.2 Å². The molecule has 0 spiro atoms. The van der Waals surface area contributed by atoms with E-state index in [9.17, 15) is 24.0 Å². The number of unbranched alkanes of at least 4 members (excludes halogenated alkanes) is 2. The molecule has 0 aliphatic heterocycles. The van der Waals surface area contributed by atoms with Crippen LogP contribution in [-0.2, 0) is 35.0 Å². The molecule has 0 radical (unpaired) electrons. The monoisotopic (exact) mass is 696 g/mol. The first-order chi connectivity index (χ1) is 23.9. The van der Waals surface area contributed by atoms with Crippen molar-refractivity contribution in [3.8, 4) is 0 Å². The highest BCUT2D eigenvalue weighted by Crippen LogP contribution is 2.21. The Labute approximate surface area is 293 Å². The van der Waals surface area contributed by atoms with Gasteiger partial charge >= 0.3 is 0 Å². The second-order valence-corrected chi connectivity index (χ2v) is 12.3. The van der Waals surface area contributed by atoms with Gasteiger partial charge in [0.05, 0.1) is 23.6 Å². The number of aromatic nitrogens is 3. The highest BCUT2D eigenvalue weighted by Gasteiger charge is 2.19. The molecule has 3 aromatic rings. The van der Waals surface area contributed by atoms with Gasteiger partial charge in [-0.3, -0.25) is 24.0 Å². The minimum Gasteiger partial charge on any atom is -0.381 e. The number of hydrogen-bond donors (Lipinski definition) is 6. The third kappa shape index (κ3) is 12.8. The van der Waals surface area contributed by atoms with Gasteiger partial charge in [0.15, 0.2) is 0 Å². The third-order valence-corrected chi connectivity index (χ3v) is 7.67. The summed E-state index contributed by atoms with van der Waals surface area (Å²) < 4.78 is 10.7. The number of carbonyl (C=O) groups excluding carboxylic acids is 5. The van der Waals surface area contributed by atoms with Gasteiger partial charge in [-0.15, -0.1) is 0 Å². The predicted molar refractivity (Wildman–Crippen MR) is 192 cm³/mol. The van der Waals surface area contributed by atoms with Crippen LogP contribution in [0.1, 0.15) is 70.5 Å². The number of ether oxygens (including phenoxy) is 1. The number of amides is 5. The molecule has 0 unspecified atom stereocenters. The lowest BCUT2D eigenvalue weighted by atomic mass is 10.2. The van der Waals surface area contributed by atoms with Crippen molar-refractivity contribution in [1.29, 1.82) is 0 Å². The first kappa shape index (κ1) is 39.5. The second kappa shape index (κ2) is 19.9. The van der Waals surface area contributed by atoms with Gasteiger partial charge in [-0.2, -0.15) is 0 Å². The van der Waals surface area contributed by atoms with Crippen LogP contribution < -0.4 is 32.3 Å². The van der Waals surface area contributed by atoms with E-state index in [1.165, 1.54) is 6.92 Å². The van der Waals surface area contributed by atoms with Crippen molar-refractivity contribution >= 4 is 46.6 Å². The van der Waals surface area contributed by atoms with E-state index >= 15 is 0 Å². The Hall–Kier alpha value is -4.93. The molecule has 0 aliphatic rings. The number of anilines is 3. The van der Waals surface area contributed by atoms with Gasteiger partial charge in [-0.1, -0.05) is 0 Å². The maximum atomic E-state index is 13.4. The van der Waals surface area contributed by atoms with Gasteiger partial charge in [0.25, 0.3) is 17.7 Å². The largest absolute Gasteiger partial charge is 0.381 e. The van der Waals surface area contributed by atoms with Gasteiger partial charge in [0.2, 0.25) is 11.8 Å². The van der Waals surface area contributed by atoms with E-state index < -0.39 is 11.8 Å². The summed E-state index contributed by atoms with van der Waals surface area (Å²) in [5, 5.41) is 14.0. The SMILES string of the molecule is CC(=O)Nc1cc(C(=O)Nc2cc(C(=O)Nc3cc(C(=O)NCCCN(C)C)n(C)c3)n(C)c2)n(CCCCCOCCCNC(=O)CN)c1. The van der Waals surface area contributed by atoms with Crippen LogP contribution >= 0.6 is 0 Å². The van der Waals surface area contributed by atoms with Crippen molar-refractivity contribution in [1.82, 2.24) is 29.2 Å². The molecule has 0 aromatic carbocycles. The molecule has 7 N–H and O–H groups in total. The molecule has 0 bridgehead atoms. The number of nitrogens with zero attached hydrogens (tertiary/aromatic N) is 4. The van der Waals surface area contributed by atoms with E-state index in [4.69, 9.17) is 10.5 Å². The molecule has 274 valence electrons. The number of rotatable bonds is 21. The van der Waals surface area contributed by atoms with Crippen LogP contribution in [0.4, 0.5) is 17.1 Å². The van der Waals surface area contributed by atoms with E-state index in [-0.39, 0.29) is 24.3 Å². The van der Waals surface area contributed by atoms with Crippen molar-refractivity contribution in [2.75, 3.05) is 69.4 Å². The summed E-state index contributed by atoms with van der Waals surface area (Å²) >= 11 is 0. The Morgan fingerprint density at radius 3 is 1.88 bits per heavy atom. The molecule has 3 aromatic heterocycles. The number of hydrogen-bond acceptors (Lipinski definition) is 8. The molecule has 16 nitrogen and oxygen atoms in total. The number of aryl methyl sites for hydroxylation is 3. The highest BCUT2D eigenvalue weighted by molar-refractivity contribution is 6.07. The Morgan fingerprint density at radius 2 is 1.26 bits per heavy atom. The Bertz CT molecular complexity index is 1610. The smallest absolute Gasteiger partial charge is 0.272 e. The molecule has 0 fully saturated rings. The lowest BCUT2D eigenvalue weighted by molar-refractivity contribution is -0.119. The zero-order valence-corrected chi connectivity index (χ0v) is 29.8. The van der Waals surface area contributed by atoms with Crippen molar-refractivity contribution in [2.24, 2.45) is 19.8 Å². The molecule has 0 aliphatic carbocycles. The molecule has 5 amide bonds. The molecule has 16 heteroatoms. The Kier molecular flexibility index (Phi) is 15.7. The standard InChI is InChI=1S/C34H52N10O6/c1-24(45)38-27-19-30(44(23-27)14-7-6-8-15-50-16-10-12-36-31(46)20-35)34(49)40-26-18-29(43(5)22-26)33(48)39-25-17-28(42(4)21-25)32(47)37-11-9-13-41(2)3/h17-19,21-23H,6-16,20,35H2,1-5H3,(H,36,46)(H,37,47)(H,38,45)(H,39,48)(H,40,49). The van der Waals surface area contributed by atoms with E-state index in [1.54, 1.807) is 64.6 Å². The molecular formula is C34H52N10O6. The lowest BCUT2D eigenvalue weighted by Crippen LogP contribution is -2.31. The molecular weight excluding hydrogens is 644 g/mol. The topological polar surface area (TPSA) is 199 Å². The summed E-state index contributed by atoms with van der Waals surface area (Å²) in [6.45, 7) is 4.97. The van der Waals surface area contributed by atoms with Crippen LogP contribution in [0, 0.1) is 0 Å². The predicted octanol–water partition coefficient (Wildman–Crippen LogP) is 1.96. The summed E-state index contributed by atoms with van der Waals surface area (Å²) in [6.07, 6.45) is 9.03. The van der Waals surface area contributed by atoms with Crippen molar-refractivity contribution < 1.29 is 28.7 Å². The van der Waals surface area contributed by atoms with Crippen LogP contribution in [0.5, 0.6) is 0 Å². The third-order valence-electron chi connectivity index (χ3n) is 7.67. The molecule has 0 saturated carbocycles. The van der Waals surface area contributed by atoms with Crippen molar-refractivity contribution in [3.05, 3.63) is 53.9 Å². The molecule has 50 heavy (non-hydrogen) atoms. The molecule has 0 saturated heterocycles. The van der Waals surface area contributed by atoms with E-state index in [1.807, 2.05) is 19.0 Å². The van der Waals surface area contributed by atoms with Crippen LogP contribution in [0.2, 0.25) is 0 Å². The lowest BCUT2D eigenvalue weighted by Gasteiger charge is -2.10. The average Bonchev–Trinajstić information content (AvgIpc) is 3.75. The zero-order chi connectivity index (χ0) is 36.6. The highest BCUT2D eigenvalue weighted by atomic mass is 16.5. The summed E-state index contributed by atoms with van der Waals surface area (Å²) in [5.41, 5.74) is 7.73. The van der Waals surface area contributed by atoms with Gasteiger partial charge < -0.3 is 55.7 Å². The average molecular weight is 697 g/mol. The normalized spacial score (nSPS) is 11.0. The number of nitrogens with two attached hydrogens (primary N) is 1. The van der Waals surface area contributed by atoms with E-state index in [2.05, 4.69) is 26.6 Å². The second-order valence-electron chi connectivity index (χ2n) is 12.3. The van der Waals surface area contributed by atoms with Crippen LogP contribution in [0.15, 0.2) is 36.8 Å². The number of nitrogens with one attached hydrogen (secondary N) is 5. The molecule has 3 heterocycles. The minimum absolute atomic E-state index is 0.0257. The fraction of sp³-hybridized carbons (Fsp3) is 0.500. The summed E-state index contributed by atoms with van der Waals surface area (Å²) in [5.74, 6) is -1.47. The molecule has 3 rings (SSSR count).